The summed E-state index contributed by atoms with van der Waals surface area (Å²) in [4.78, 5) is 12.0. The summed E-state index contributed by atoms with van der Waals surface area (Å²) in [6, 6.07) is 0. The molecule has 0 amide bonds. The highest BCUT2D eigenvalue weighted by atomic mass is 35.5. The molecule has 0 radical (unpaired) electrons. The highest BCUT2D eigenvalue weighted by Crippen LogP contribution is 2.64. The maximum absolute atomic E-state index is 12.0. The van der Waals surface area contributed by atoms with Gasteiger partial charge in [0.25, 0.3) is 0 Å². The van der Waals surface area contributed by atoms with Crippen molar-refractivity contribution >= 4 is 29.0 Å². The molecule has 0 unspecified atom stereocenters. The second kappa shape index (κ2) is 5.46. The van der Waals surface area contributed by atoms with E-state index >= 15 is 0 Å². The molecule has 4 rings (SSSR count). The first-order valence-electron chi connectivity index (χ1n) is 8.95. The van der Waals surface area contributed by atoms with Gasteiger partial charge in [0.1, 0.15) is 0 Å². The van der Waals surface area contributed by atoms with Crippen LogP contribution in [0, 0.1) is 28.6 Å². The summed E-state index contributed by atoms with van der Waals surface area (Å²) >= 11 is 12.6. The Morgan fingerprint density at radius 3 is 2.71 bits per heavy atom. The minimum absolute atomic E-state index is 0.0500. The third-order valence-electron chi connectivity index (χ3n) is 7.54. The second-order valence-corrected chi connectivity index (χ2v) is 9.27. The van der Waals surface area contributed by atoms with Gasteiger partial charge in [0, 0.05) is 15.9 Å². The molecule has 0 heterocycles. The maximum Gasteiger partial charge on any atom is 0.196 e. The van der Waals surface area contributed by atoms with Crippen molar-refractivity contribution in [1.82, 2.24) is 0 Å². The highest BCUT2D eigenvalue weighted by Gasteiger charge is 2.57. The van der Waals surface area contributed by atoms with Crippen molar-refractivity contribution in [2.24, 2.45) is 28.6 Å². The Hall–Kier alpha value is -0.570. The quantitative estimate of drug-likeness (QED) is 0.658. The third-order valence-corrected chi connectivity index (χ3v) is 8.31. The molecule has 0 bridgehead atoms. The van der Waals surface area contributed by atoms with Crippen LogP contribution in [-0.4, -0.2) is 17.0 Å². The normalized spacial score (nSPS) is 47.7. The molecule has 4 heteroatoms. The summed E-state index contributed by atoms with van der Waals surface area (Å²) < 4.78 is 0. The standard InChI is InChI=1S/C20H24Cl2O2/c1-19-10-8-16(23)17(22)14(19)4-3-11-12-5-6-15(21)18(24)20(12,2)9-7-13(11)19/h6,8,10-13,18,24H,3-5,7,9H2,1-2H3/t11-,12-,13-,18-,19+,20-/m0/s1. The summed E-state index contributed by atoms with van der Waals surface area (Å²) in [5.41, 5.74) is 0.875. The molecule has 0 aromatic carbocycles. The monoisotopic (exact) mass is 366 g/mol. The van der Waals surface area contributed by atoms with E-state index in [2.05, 4.69) is 19.9 Å². The van der Waals surface area contributed by atoms with Gasteiger partial charge in [-0.25, -0.2) is 0 Å². The van der Waals surface area contributed by atoms with Gasteiger partial charge in [-0.3, -0.25) is 4.79 Å². The number of hydrogen-bond acceptors (Lipinski definition) is 2. The number of carbonyl (C=O) groups excluding carboxylic acids is 1. The molecule has 2 nitrogen and oxygen atoms in total. The number of aliphatic hydroxyl groups is 1. The number of aliphatic hydroxyl groups excluding tert-OH is 1. The molecule has 24 heavy (non-hydrogen) atoms. The Morgan fingerprint density at radius 1 is 1.21 bits per heavy atom. The Morgan fingerprint density at radius 2 is 1.96 bits per heavy atom. The van der Waals surface area contributed by atoms with Gasteiger partial charge in [-0.15, -0.1) is 0 Å². The number of carbonyl (C=O) groups is 1. The van der Waals surface area contributed by atoms with Crippen LogP contribution in [0.3, 0.4) is 0 Å². The minimum Gasteiger partial charge on any atom is -0.387 e. The number of halogens is 2. The van der Waals surface area contributed by atoms with Gasteiger partial charge < -0.3 is 5.11 Å². The fourth-order valence-corrected chi connectivity index (χ4v) is 6.78. The Labute approximate surface area is 153 Å². The molecular formula is C20H24Cl2O2. The first-order valence-corrected chi connectivity index (χ1v) is 9.71. The lowest BCUT2D eigenvalue weighted by molar-refractivity contribution is -0.112. The van der Waals surface area contributed by atoms with Crippen molar-refractivity contribution < 1.29 is 9.90 Å². The molecule has 6 atom stereocenters. The molecule has 0 aliphatic heterocycles. The van der Waals surface area contributed by atoms with Gasteiger partial charge in [-0.1, -0.05) is 49.2 Å². The van der Waals surface area contributed by atoms with E-state index in [-0.39, 0.29) is 16.6 Å². The van der Waals surface area contributed by atoms with Crippen molar-refractivity contribution in [2.75, 3.05) is 0 Å². The van der Waals surface area contributed by atoms with Crippen molar-refractivity contribution in [2.45, 2.75) is 52.1 Å². The Bertz CT molecular complexity index is 692. The lowest BCUT2D eigenvalue weighted by Gasteiger charge is -2.59. The predicted molar refractivity (Wildman–Crippen MR) is 96.7 cm³/mol. The lowest BCUT2D eigenvalue weighted by atomic mass is 9.46. The van der Waals surface area contributed by atoms with Crippen molar-refractivity contribution in [3.63, 3.8) is 0 Å². The molecule has 0 aromatic rings. The number of fused-ring (bicyclic) bond motifs is 5. The van der Waals surface area contributed by atoms with E-state index in [1.54, 1.807) is 6.08 Å². The summed E-state index contributed by atoms with van der Waals surface area (Å²) in [6.45, 7) is 4.45. The largest absolute Gasteiger partial charge is 0.387 e. The van der Waals surface area contributed by atoms with E-state index in [9.17, 15) is 9.90 Å². The summed E-state index contributed by atoms with van der Waals surface area (Å²) in [6.07, 6.45) is 10.1. The van der Waals surface area contributed by atoms with Crippen LogP contribution in [0.4, 0.5) is 0 Å². The van der Waals surface area contributed by atoms with Crippen LogP contribution in [0.2, 0.25) is 0 Å². The van der Waals surface area contributed by atoms with E-state index in [0.29, 0.717) is 27.8 Å². The van der Waals surface area contributed by atoms with Crippen LogP contribution in [0.1, 0.15) is 46.0 Å². The molecule has 0 aromatic heterocycles. The van der Waals surface area contributed by atoms with Crippen LogP contribution in [0.5, 0.6) is 0 Å². The number of hydrogen-bond donors (Lipinski definition) is 1. The minimum atomic E-state index is -0.546. The maximum atomic E-state index is 12.0. The highest BCUT2D eigenvalue weighted by molar-refractivity contribution is 6.45. The molecule has 2 fully saturated rings. The van der Waals surface area contributed by atoms with E-state index in [1.807, 2.05) is 6.08 Å². The van der Waals surface area contributed by atoms with Crippen LogP contribution in [0.25, 0.3) is 0 Å². The van der Waals surface area contributed by atoms with Gasteiger partial charge in [0.2, 0.25) is 0 Å². The predicted octanol–water partition coefficient (Wildman–Crippen LogP) is 4.95. The zero-order valence-corrected chi connectivity index (χ0v) is 15.7. The van der Waals surface area contributed by atoms with Crippen LogP contribution in [-0.2, 0) is 4.79 Å². The summed E-state index contributed by atoms with van der Waals surface area (Å²) in [5.74, 6) is 1.41. The molecule has 0 saturated heterocycles. The van der Waals surface area contributed by atoms with E-state index in [4.69, 9.17) is 23.2 Å². The Kier molecular flexibility index (Phi) is 3.84. The molecule has 4 aliphatic rings. The van der Waals surface area contributed by atoms with Crippen molar-refractivity contribution in [1.29, 1.82) is 0 Å². The molecule has 1 N–H and O–H groups in total. The fraction of sp³-hybridized carbons (Fsp3) is 0.650. The number of rotatable bonds is 0. The van der Waals surface area contributed by atoms with E-state index in [0.717, 1.165) is 37.7 Å². The summed E-state index contributed by atoms with van der Waals surface area (Å²) in [7, 11) is 0. The fourth-order valence-electron chi connectivity index (χ4n) is 6.08. The van der Waals surface area contributed by atoms with Gasteiger partial charge in [0.05, 0.1) is 11.1 Å². The number of ketones is 1. The average Bonchev–Trinajstić information content (AvgIpc) is 2.55. The van der Waals surface area contributed by atoms with Gasteiger partial charge >= 0.3 is 0 Å². The first kappa shape index (κ1) is 16.9. The van der Waals surface area contributed by atoms with Gasteiger partial charge in [-0.05, 0) is 61.5 Å². The smallest absolute Gasteiger partial charge is 0.196 e. The zero-order valence-electron chi connectivity index (χ0n) is 14.2. The lowest BCUT2D eigenvalue weighted by Crippen LogP contribution is -2.54. The second-order valence-electron chi connectivity index (χ2n) is 8.46. The molecule has 2 saturated carbocycles. The van der Waals surface area contributed by atoms with E-state index < -0.39 is 6.10 Å². The first-order chi connectivity index (χ1) is 11.3. The summed E-state index contributed by atoms with van der Waals surface area (Å²) in [5, 5.41) is 11.8. The van der Waals surface area contributed by atoms with Crippen molar-refractivity contribution in [3.8, 4) is 0 Å². The zero-order chi connectivity index (χ0) is 17.3. The number of allylic oxidation sites excluding steroid dienone is 5. The van der Waals surface area contributed by atoms with Crippen LogP contribution in [0.15, 0.2) is 33.9 Å². The average molecular weight is 367 g/mol. The topological polar surface area (TPSA) is 37.3 Å². The van der Waals surface area contributed by atoms with Crippen molar-refractivity contribution in [3.05, 3.63) is 33.9 Å². The van der Waals surface area contributed by atoms with Crippen LogP contribution < -0.4 is 0 Å². The molecule has 4 aliphatic carbocycles. The third kappa shape index (κ3) is 2.09. The molecule has 0 spiro atoms. The molecular weight excluding hydrogens is 343 g/mol. The van der Waals surface area contributed by atoms with Gasteiger partial charge in [0.15, 0.2) is 5.78 Å². The van der Waals surface area contributed by atoms with Crippen LogP contribution >= 0.6 is 23.2 Å². The van der Waals surface area contributed by atoms with E-state index in [1.165, 1.54) is 0 Å². The molecule has 130 valence electrons. The Balaban J connectivity index is 1.74. The van der Waals surface area contributed by atoms with Gasteiger partial charge in [-0.2, -0.15) is 0 Å². The SMILES string of the molecule is C[C@]12CC[C@H]3[C@@H](CCC4=C(Cl)C(=O)C=C[C@@]43C)[C@@H]1CC=C(Cl)[C@@H]2O.